The third kappa shape index (κ3) is 1.36. The quantitative estimate of drug-likeness (QED) is 0.500. The fourth-order valence-corrected chi connectivity index (χ4v) is 3.36. The highest BCUT2D eigenvalue weighted by molar-refractivity contribution is 8.00. The number of β-lactam (4-membered cyclic amide) rings is 1. The zero-order valence-corrected chi connectivity index (χ0v) is 8.95. The number of nitrogens with zero attached hydrogens (tertiary/aromatic N) is 1. The average molecular weight is 229 g/mol. The maximum atomic E-state index is 11.6. The number of aliphatic hydroxyl groups excluding tert-OH is 1. The molecule has 5 nitrogen and oxygen atoms in total. The van der Waals surface area contributed by atoms with Gasteiger partial charge in [-0.2, -0.15) is 0 Å². The van der Waals surface area contributed by atoms with Gasteiger partial charge in [-0.25, -0.2) is 4.79 Å². The van der Waals surface area contributed by atoms with Crippen LogP contribution in [0.15, 0.2) is 11.1 Å². The predicted octanol–water partition coefficient (Wildman–Crippen LogP) is -0.337. The minimum atomic E-state index is -0.959. The smallest absolute Gasteiger partial charge is 0.327 e. The molecular formula is C9H11NO4S. The molecule has 0 aromatic rings. The number of carbonyl (C=O) groups excluding carboxylic acids is 1. The van der Waals surface area contributed by atoms with Crippen molar-refractivity contribution in [2.24, 2.45) is 0 Å². The van der Waals surface area contributed by atoms with Gasteiger partial charge in [0, 0.05) is 5.75 Å². The number of thioether (sulfide) groups is 1. The van der Waals surface area contributed by atoms with Crippen molar-refractivity contribution in [1.82, 2.24) is 4.90 Å². The van der Waals surface area contributed by atoms with Crippen LogP contribution in [0.3, 0.4) is 0 Å². The zero-order valence-electron chi connectivity index (χ0n) is 8.14. The van der Waals surface area contributed by atoms with Crippen LogP contribution < -0.4 is 0 Å². The summed E-state index contributed by atoms with van der Waals surface area (Å²) in [4.78, 5) is 23.8. The van der Waals surface area contributed by atoms with Crippen molar-refractivity contribution in [3.63, 3.8) is 0 Å². The molecule has 82 valence electrons. The van der Waals surface area contributed by atoms with Crippen molar-refractivity contribution in [3.05, 3.63) is 11.1 Å². The SMILES string of the molecule is C/C(CO)=C1\C(=O)N2C(C(=O)O)CS[C@H]12. The lowest BCUT2D eigenvalue weighted by molar-refractivity contribution is -0.150. The lowest BCUT2D eigenvalue weighted by atomic mass is 9.98. The third-order valence-corrected chi connectivity index (χ3v) is 3.98. The van der Waals surface area contributed by atoms with Crippen molar-refractivity contribution in [2.45, 2.75) is 18.3 Å². The molecule has 2 aliphatic rings. The van der Waals surface area contributed by atoms with Crippen LogP contribution in [0.25, 0.3) is 0 Å². The van der Waals surface area contributed by atoms with Gasteiger partial charge in [0.05, 0.1) is 12.2 Å². The molecule has 2 heterocycles. The Morgan fingerprint density at radius 3 is 2.87 bits per heavy atom. The first-order valence-corrected chi connectivity index (χ1v) is 5.60. The average Bonchev–Trinajstić information content (AvgIpc) is 2.57. The number of amides is 1. The van der Waals surface area contributed by atoms with E-state index in [9.17, 15) is 9.59 Å². The molecule has 2 saturated heterocycles. The second kappa shape index (κ2) is 3.53. The van der Waals surface area contributed by atoms with E-state index in [1.54, 1.807) is 6.92 Å². The molecular weight excluding hydrogens is 218 g/mol. The van der Waals surface area contributed by atoms with Crippen LogP contribution >= 0.6 is 11.8 Å². The molecule has 1 amide bonds. The molecule has 0 spiro atoms. The van der Waals surface area contributed by atoms with Crippen molar-refractivity contribution in [3.8, 4) is 0 Å². The van der Waals surface area contributed by atoms with E-state index in [-0.39, 0.29) is 17.9 Å². The lowest BCUT2D eigenvalue weighted by Gasteiger charge is -2.39. The Hall–Kier alpha value is -1.01. The lowest BCUT2D eigenvalue weighted by Crippen LogP contribution is -2.56. The summed E-state index contributed by atoms with van der Waals surface area (Å²) in [6, 6.07) is -0.706. The fourth-order valence-electron chi connectivity index (χ4n) is 1.82. The Balaban J connectivity index is 2.24. The molecule has 1 unspecified atom stereocenters. The minimum absolute atomic E-state index is 0.149. The maximum absolute atomic E-state index is 11.6. The molecule has 2 atom stereocenters. The summed E-state index contributed by atoms with van der Waals surface area (Å²) in [5.74, 6) is -0.781. The number of carboxylic acids is 1. The highest BCUT2D eigenvalue weighted by Gasteiger charge is 2.53. The Morgan fingerprint density at radius 2 is 2.33 bits per heavy atom. The molecule has 2 rings (SSSR count). The number of fused-ring (bicyclic) bond motifs is 1. The van der Waals surface area contributed by atoms with E-state index >= 15 is 0 Å². The molecule has 15 heavy (non-hydrogen) atoms. The Kier molecular flexibility index (Phi) is 2.47. The third-order valence-electron chi connectivity index (χ3n) is 2.69. The summed E-state index contributed by atoms with van der Waals surface area (Å²) in [6.07, 6.45) is 0. The topological polar surface area (TPSA) is 77.8 Å². The molecule has 0 saturated carbocycles. The van der Waals surface area contributed by atoms with Crippen molar-refractivity contribution < 1.29 is 19.8 Å². The van der Waals surface area contributed by atoms with E-state index in [0.717, 1.165) is 0 Å². The van der Waals surface area contributed by atoms with E-state index in [1.807, 2.05) is 0 Å². The minimum Gasteiger partial charge on any atom is -0.480 e. The van der Waals surface area contributed by atoms with Gasteiger partial charge in [0.2, 0.25) is 0 Å². The van der Waals surface area contributed by atoms with Crippen LogP contribution in [0, 0.1) is 0 Å². The first-order chi connectivity index (χ1) is 7.07. The molecule has 0 aliphatic carbocycles. The van der Waals surface area contributed by atoms with E-state index in [1.165, 1.54) is 16.7 Å². The van der Waals surface area contributed by atoms with Crippen molar-refractivity contribution in [1.29, 1.82) is 0 Å². The largest absolute Gasteiger partial charge is 0.480 e. The van der Waals surface area contributed by atoms with Gasteiger partial charge in [0.25, 0.3) is 5.91 Å². The standard InChI is InChI=1S/C9H11NO4S/c1-4(2-11)6-7(12)10-5(9(13)14)3-15-8(6)10/h5,8,11H,2-3H2,1H3,(H,13,14)/b6-4-/t5?,8-/m1/s1. The highest BCUT2D eigenvalue weighted by atomic mass is 32.2. The normalized spacial score (nSPS) is 32.4. The van der Waals surface area contributed by atoms with Crippen molar-refractivity contribution in [2.75, 3.05) is 12.4 Å². The van der Waals surface area contributed by atoms with E-state index in [2.05, 4.69) is 0 Å². The van der Waals surface area contributed by atoms with Gasteiger partial charge in [-0.3, -0.25) is 4.79 Å². The van der Waals surface area contributed by atoms with Crippen LogP contribution in [0.2, 0.25) is 0 Å². The van der Waals surface area contributed by atoms with Crippen LogP contribution in [0.4, 0.5) is 0 Å². The molecule has 0 aromatic carbocycles. The first-order valence-electron chi connectivity index (χ1n) is 4.55. The summed E-state index contributed by atoms with van der Waals surface area (Å²) >= 11 is 1.44. The van der Waals surface area contributed by atoms with E-state index in [0.29, 0.717) is 16.9 Å². The molecule has 0 radical (unpaired) electrons. The van der Waals surface area contributed by atoms with E-state index in [4.69, 9.17) is 10.2 Å². The summed E-state index contributed by atoms with van der Waals surface area (Å²) < 4.78 is 0. The van der Waals surface area contributed by atoms with Gasteiger partial charge >= 0.3 is 5.97 Å². The molecule has 2 fully saturated rings. The molecule has 2 N–H and O–H groups in total. The van der Waals surface area contributed by atoms with Crippen molar-refractivity contribution >= 4 is 23.6 Å². The molecule has 0 bridgehead atoms. The molecule has 6 heteroatoms. The number of hydrogen-bond donors (Lipinski definition) is 2. The second-order valence-electron chi connectivity index (χ2n) is 3.60. The van der Waals surface area contributed by atoms with Crippen LogP contribution in [0.5, 0.6) is 0 Å². The Morgan fingerprint density at radius 1 is 1.67 bits per heavy atom. The summed E-state index contributed by atoms with van der Waals surface area (Å²) in [5, 5.41) is 17.6. The number of hydrogen-bond acceptors (Lipinski definition) is 4. The molecule has 0 aromatic heterocycles. The van der Waals surface area contributed by atoms with Crippen LogP contribution in [-0.4, -0.2) is 50.8 Å². The van der Waals surface area contributed by atoms with Gasteiger partial charge in [-0.1, -0.05) is 0 Å². The predicted molar refractivity (Wildman–Crippen MR) is 54.3 cm³/mol. The summed E-state index contributed by atoms with van der Waals surface area (Å²) in [5.41, 5.74) is 1.21. The fraction of sp³-hybridized carbons (Fsp3) is 0.556. The Labute approximate surface area is 90.8 Å². The van der Waals surface area contributed by atoms with Gasteiger partial charge in [0.15, 0.2) is 0 Å². The zero-order chi connectivity index (χ0) is 11.2. The first kappa shape index (κ1) is 10.5. The van der Waals surface area contributed by atoms with Gasteiger partial charge in [-0.15, -0.1) is 11.8 Å². The number of carboxylic acid groups (broad SMARTS) is 1. The van der Waals surface area contributed by atoms with Gasteiger partial charge in [-0.05, 0) is 12.5 Å². The van der Waals surface area contributed by atoms with Gasteiger partial charge < -0.3 is 15.1 Å². The number of aliphatic hydroxyl groups is 1. The maximum Gasteiger partial charge on any atom is 0.327 e. The highest BCUT2D eigenvalue weighted by Crippen LogP contribution is 2.44. The summed E-state index contributed by atoms with van der Waals surface area (Å²) in [6.45, 7) is 1.54. The van der Waals surface area contributed by atoms with Crippen LogP contribution in [0.1, 0.15) is 6.92 Å². The number of aliphatic carboxylic acids is 1. The van der Waals surface area contributed by atoms with Gasteiger partial charge in [0.1, 0.15) is 11.4 Å². The Bertz CT molecular complexity index is 365. The number of rotatable bonds is 2. The number of carbonyl (C=O) groups is 2. The second-order valence-corrected chi connectivity index (χ2v) is 4.72. The summed E-state index contributed by atoms with van der Waals surface area (Å²) in [7, 11) is 0. The monoisotopic (exact) mass is 229 g/mol. The van der Waals surface area contributed by atoms with Crippen LogP contribution in [-0.2, 0) is 9.59 Å². The van der Waals surface area contributed by atoms with E-state index < -0.39 is 12.0 Å². The molecule has 2 aliphatic heterocycles.